The van der Waals surface area contributed by atoms with Crippen LogP contribution in [0.25, 0.3) is 17.3 Å². The molecule has 0 aliphatic carbocycles. The molecule has 110 valence electrons. The third kappa shape index (κ3) is 3.31. The zero-order valence-electron chi connectivity index (χ0n) is 11.6. The summed E-state index contributed by atoms with van der Waals surface area (Å²) < 4.78 is 26.5. The van der Waals surface area contributed by atoms with Crippen LogP contribution in [0.15, 0.2) is 23.9 Å². The highest BCUT2D eigenvalue weighted by Gasteiger charge is 2.18. The average molecular weight is 291 g/mol. The smallest absolute Gasteiger partial charge is 0.264 e. The molecule has 0 spiro atoms. The Hall–Kier alpha value is -2.57. The molecule has 0 saturated carbocycles. The number of rotatable bonds is 3. The Bertz CT molecular complexity index is 694. The summed E-state index contributed by atoms with van der Waals surface area (Å²) in [6.07, 6.45) is -1.11. The Morgan fingerprint density at radius 1 is 1.29 bits per heavy atom. The van der Waals surface area contributed by atoms with Gasteiger partial charge in [0.05, 0.1) is 5.69 Å². The van der Waals surface area contributed by atoms with Crippen molar-refractivity contribution in [3.8, 4) is 11.3 Å². The third-order valence-electron chi connectivity index (χ3n) is 2.79. The van der Waals surface area contributed by atoms with Crippen molar-refractivity contribution >= 4 is 12.0 Å². The summed E-state index contributed by atoms with van der Waals surface area (Å²) in [7, 11) is 0. The van der Waals surface area contributed by atoms with Crippen LogP contribution in [-0.2, 0) is 0 Å². The van der Waals surface area contributed by atoms with Crippen molar-refractivity contribution in [3.63, 3.8) is 0 Å². The monoisotopic (exact) mass is 291 g/mol. The molecule has 0 atom stereocenters. The molecular weight excluding hydrogens is 276 g/mol. The highest BCUT2D eigenvalue weighted by atomic mass is 19.3. The number of halogens is 2. The molecule has 5 nitrogen and oxygen atoms in total. The van der Waals surface area contributed by atoms with Gasteiger partial charge in [-0.2, -0.15) is 0 Å². The molecule has 2 aromatic rings. The fourth-order valence-corrected chi connectivity index (χ4v) is 1.94. The molecule has 1 aromatic carbocycles. The average Bonchev–Trinajstić information content (AvgIpc) is 2.38. The van der Waals surface area contributed by atoms with E-state index in [-0.39, 0.29) is 22.8 Å². The Morgan fingerprint density at radius 3 is 2.62 bits per heavy atom. The summed E-state index contributed by atoms with van der Waals surface area (Å²) in [5.74, 6) is -0.0445. The molecule has 2 rings (SSSR count). The van der Waals surface area contributed by atoms with Crippen LogP contribution in [0, 0.1) is 6.92 Å². The standard InChI is InChI=1S/C14H15F2N5/c1-7-3-4-9(10(5-7)13(15)16)12-11(6-8(2)17)19-14(18)21-20-12/h3-6,13H,17H2,1-2H3,(H2,18,19,21)/b8-6-. The van der Waals surface area contributed by atoms with Crippen LogP contribution in [0.5, 0.6) is 0 Å². The topological polar surface area (TPSA) is 90.7 Å². The number of benzene rings is 1. The quantitative estimate of drug-likeness (QED) is 0.907. The van der Waals surface area contributed by atoms with E-state index >= 15 is 0 Å². The lowest BCUT2D eigenvalue weighted by atomic mass is 10.0. The first kappa shape index (κ1) is 14.8. The fourth-order valence-electron chi connectivity index (χ4n) is 1.94. The first-order chi connectivity index (χ1) is 9.88. The van der Waals surface area contributed by atoms with Gasteiger partial charge in [0.1, 0.15) is 5.69 Å². The maximum Gasteiger partial charge on any atom is 0.264 e. The fraction of sp³-hybridized carbons (Fsp3) is 0.214. The summed E-state index contributed by atoms with van der Waals surface area (Å²) >= 11 is 0. The summed E-state index contributed by atoms with van der Waals surface area (Å²) in [5, 5.41) is 7.55. The van der Waals surface area contributed by atoms with Gasteiger partial charge in [-0.15, -0.1) is 10.2 Å². The number of aromatic nitrogens is 3. The first-order valence-electron chi connectivity index (χ1n) is 6.21. The largest absolute Gasteiger partial charge is 0.402 e. The highest BCUT2D eigenvalue weighted by molar-refractivity contribution is 5.73. The number of nitrogens with zero attached hydrogens (tertiary/aromatic N) is 3. The summed E-state index contributed by atoms with van der Waals surface area (Å²) in [6, 6.07) is 4.71. The normalized spacial score (nSPS) is 12.0. The number of alkyl halides is 2. The van der Waals surface area contributed by atoms with E-state index in [1.807, 2.05) is 0 Å². The van der Waals surface area contributed by atoms with Crippen molar-refractivity contribution in [3.05, 3.63) is 40.7 Å². The van der Waals surface area contributed by atoms with Crippen LogP contribution in [0.2, 0.25) is 0 Å². The predicted molar refractivity (Wildman–Crippen MR) is 77.2 cm³/mol. The van der Waals surface area contributed by atoms with E-state index in [1.54, 1.807) is 26.0 Å². The molecule has 7 heteroatoms. The van der Waals surface area contributed by atoms with E-state index < -0.39 is 6.43 Å². The van der Waals surface area contributed by atoms with Gasteiger partial charge < -0.3 is 11.5 Å². The third-order valence-corrected chi connectivity index (χ3v) is 2.79. The Labute approximate surface area is 120 Å². The van der Waals surface area contributed by atoms with Crippen LogP contribution in [0.1, 0.15) is 30.2 Å². The van der Waals surface area contributed by atoms with Crippen molar-refractivity contribution in [1.29, 1.82) is 0 Å². The second-order valence-electron chi connectivity index (χ2n) is 4.68. The molecule has 0 fully saturated rings. The molecule has 1 aromatic heterocycles. The molecule has 4 N–H and O–H groups in total. The van der Waals surface area contributed by atoms with E-state index in [0.29, 0.717) is 11.4 Å². The van der Waals surface area contributed by atoms with Crippen LogP contribution in [0.4, 0.5) is 14.7 Å². The lowest BCUT2D eigenvalue weighted by Gasteiger charge is -2.11. The van der Waals surface area contributed by atoms with Crippen molar-refractivity contribution in [2.24, 2.45) is 5.73 Å². The summed E-state index contributed by atoms with van der Waals surface area (Å²) in [5.41, 5.74) is 13.0. The minimum absolute atomic E-state index is 0.0445. The summed E-state index contributed by atoms with van der Waals surface area (Å²) in [6.45, 7) is 3.40. The Morgan fingerprint density at radius 2 is 2.00 bits per heavy atom. The number of anilines is 1. The molecule has 0 aliphatic heterocycles. The van der Waals surface area contributed by atoms with Gasteiger partial charge in [-0.1, -0.05) is 17.7 Å². The minimum atomic E-state index is -2.63. The number of aryl methyl sites for hydroxylation is 1. The Balaban J connectivity index is 2.70. The van der Waals surface area contributed by atoms with E-state index in [9.17, 15) is 8.78 Å². The molecule has 21 heavy (non-hydrogen) atoms. The first-order valence-corrected chi connectivity index (χ1v) is 6.21. The lowest BCUT2D eigenvalue weighted by Crippen LogP contribution is -2.05. The van der Waals surface area contributed by atoms with Gasteiger partial charge in [0.2, 0.25) is 5.95 Å². The van der Waals surface area contributed by atoms with Crippen molar-refractivity contribution in [2.75, 3.05) is 5.73 Å². The van der Waals surface area contributed by atoms with Gasteiger partial charge in [-0.05, 0) is 26.0 Å². The number of hydrogen-bond donors (Lipinski definition) is 2. The van der Waals surface area contributed by atoms with Gasteiger partial charge in [-0.25, -0.2) is 13.8 Å². The van der Waals surface area contributed by atoms with Crippen molar-refractivity contribution in [2.45, 2.75) is 20.3 Å². The minimum Gasteiger partial charge on any atom is -0.402 e. The second kappa shape index (κ2) is 5.82. The second-order valence-corrected chi connectivity index (χ2v) is 4.68. The van der Waals surface area contributed by atoms with E-state index in [0.717, 1.165) is 5.56 Å². The van der Waals surface area contributed by atoms with Crippen molar-refractivity contribution in [1.82, 2.24) is 15.2 Å². The number of nitrogens with two attached hydrogens (primary N) is 2. The molecule has 0 bridgehead atoms. The number of nitrogen functional groups attached to an aromatic ring is 1. The highest BCUT2D eigenvalue weighted by Crippen LogP contribution is 2.32. The zero-order valence-corrected chi connectivity index (χ0v) is 11.6. The number of allylic oxidation sites excluding steroid dienone is 1. The van der Waals surface area contributed by atoms with Crippen molar-refractivity contribution < 1.29 is 8.78 Å². The maximum atomic E-state index is 13.2. The molecule has 0 radical (unpaired) electrons. The maximum absolute atomic E-state index is 13.2. The SMILES string of the molecule is C/C(N)=C/c1nc(N)nnc1-c1ccc(C)cc1C(F)F. The predicted octanol–water partition coefficient (Wildman–Crippen LogP) is 2.69. The van der Waals surface area contributed by atoms with Gasteiger partial charge in [0.15, 0.2) is 0 Å². The van der Waals surface area contributed by atoms with Crippen LogP contribution in [0.3, 0.4) is 0 Å². The number of hydrogen-bond acceptors (Lipinski definition) is 5. The van der Waals surface area contributed by atoms with Gasteiger partial charge in [0, 0.05) is 16.8 Å². The summed E-state index contributed by atoms with van der Waals surface area (Å²) in [4.78, 5) is 4.02. The Kier molecular flexibility index (Phi) is 4.11. The molecule has 0 amide bonds. The molecule has 1 heterocycles. The lowest BCUT2D eigenvalue weighted by molar-refractivity contribution is 0.152. The molecule has 0 unspecified atom stereocenters. The van der Waals surface area contributed by atoms with Gasteiger partial charge >= 0.3 is 0 Å². The van der Waals surface area contributed by atoms with Gasteiger partial charge in [0.25, 0.3) is 6.43 Å². The van der Waals surface area contributed by atoms with E-state index in [1.165, 1.54) is 12.1 Å². The van der Waals surface area contributed by atoms with Crippen LogP contribution < -0.4 is 11.5 Å². The zero-order chi connectivity index (χ0) is 15.6. The van der Waals surface area contributed by atoms with Crippen LogP contribution in [-0.4, -0.2) is 15.2 Å². The van der Waals surface area contributed by atoms with E-state index in [4.69, 9.17) is 11.5 Å². The molecule has 0 aliphatic rings. The molecular formula is C14H15F2N5. The van der Waals surface area contributed by atoms with E-state index in [2.05, 4.69) is 15.2 Å². The molecule has 0 saturated heterocycles. The van der Waals surface area contributed by atoms with Gasteiger partial charge in [-0.3, -0.25) is 0 Å². The van der Waals surface area contributed by atoms with Crippen LogP contribution >= 0.6 is 0 Å².